The average molecular weight is 329 g/mol. The van der Waals surface area contributed by atoms with Crippen molar-refractivity contribution < 1.29 is 14.0 Å². The van der Waals surface area contributed by atoms with E-state index >= 15 is 0 Å². The Labute approximate surface area is 140 Å². The maximum Gasteiger partial charge on any atom is 0.256 e. The molecule has 24 heavy (non-hydrogen) atoms. The molecule has 5 nitrogen and oxygen atoms in total. The summed E-state index contributed by atoms with van der Waals surface area (Å²) in [6, 6.07) is 9.49. The van der Waals surface area contributed by atoms with Crippen molar-refractivity contribution in [2.24, 2.45) is 5.92 Å². The maximum atomic E-state index is 12.8. The average Bonchev–Trinajstić information content (AvgIpc) is 2.62. The van der Waals surface area contributed by atoms with Crippen LogP contribution in [0.4, 0.5) is 4.39 Å². The monoisotopic (exact) mass is 329 g/mol. The van der Waals surface area contributed by atoms with Crippen molar-refractivity contribution in [3.05, 3.63) is 60.2 Å². The number of carbonyl (C=O) groups excluding carboxylic acids is 1. The highest BCUT2D eigenvalue weighted by molar-refractivity contribution is 5.78. The van der Waals surface area contributed by atoms with Crippen molar-refractivity contribution in [3.8, 4) is 5.75 Å². The number of nitrogens with one attached hydrogen (secondary N) is 1. The van der Waals surface area contributed by atoms with Crippen LogP contribution in [0, 0.1) is 11.7 Å². The summed E-state index contributed by atoms with van der Waals surface area (Å²) in [6.45, 7) is 2.45. The Morgan fingerprint density at radius 1 is 1.33 bits per heavy atom. The van der Waals surface area contributed by atoms with Gasteiger partial charge in [0.15, 0.2) is 5.75 Å². The van der Waals surface area contributed by atoms with Crippen molar-refractivity contribution in [1.82, 2.24) is 15.4 Å². The Balaban J connectivity index is 1.50. The standard InChI is InChI=1S/C18H20FN3O2/c19-16-5-7-17(8-6-16)24-21-18(23)15-4-2-10-22(13-15)12-14-3-1-9-20-11-14/h1,3,5-9,11,15H,2,4,10,12-13H2,(H,21,23). The van der Waals surface area contributed by atoms with Crippen LogP contribution in [-0.2, 0) is 11.3 Å². The van der Waals surface area contributed by atoms with E-state index in [1.54, 1.807) is 6.20 Å². The van der Waals surface area contributed by atoms with Gasteiger partial charge in [0.25, 0.3) is 5.91 Å². The SMILES string of the molecule is O=C(NOc1ccc(F)cc1)C1CCCN(Cc2cccnc2)C1. The summed E-state index contributed by atoms with van der Waals surface area (Å²) < 4.78 is 12.8. The van der Waals surface area contributed by atoms with Gasteiger partial charge in [-0.2, -0.15) is 5.48 Å². The van der Waals surface area contributed by atoms with E-state index in [2.05, 4.69) is 15.4 Å². The Morgan fingerprint density at radius 3 is 2.92 bits per heavy atom. The van der Waals surface area contributed by atoms with Crippen molar-refractivity contribution in [3.63, 3.8) is 0 Å². The number of pyridine rings is 1. The van der Waals surface area contributed by atoms with E-state index in [0.717, 1.165) is 31.5 Å². The Kier molecular flexibility index (Phi) is 5.38. The van der Waals surface area contributed by atoms with Crippen LogP contribution in [-0.4, -0.2) is 28.9 Å². The second-order valence-electron chi connectivity index (χ2n) is 5.96. The smallest absolute Gasteiger partial charge is 0.256 e. The summed E-state index contributed by atoms with van der Waals surface area (Å²) in [5, 5.41) is 0. The number of likely N-dealkylation sites (tertiary alicyclic amines) is 1. The third-order valence-corrected chi connectivity index (χ3v) is 4.09. The number of benzene rings is 1. The lowest BCUT2D eigenvalue weighted by molar-refractivity contribution is -0.133. The molecule has 0 spiro atoms. The fourth-order valence-electron chi connectivity index (χ4n) is 2.86. The molecule has 0 saturated carbocycles. The van der Waals surface area contributed by atoms with Crippen molar-refractivity contribution in [1.29, 1.82) is 0 Å². The molecule has 1 amide bonds. The van der Waals surface area contributed by atoms with Gasteiger partial charge in [-0.05, 0) is 55.3 Å². The molecule has 1 unspecified atom stereocenters. The maximum absolute atomic E-state index is 12.8. The van der Waals surface area contributed by atoms with E-state index in [-0.39, 0.29) is 17.6 Å². The Morgan fingerprint density at radius 2 is 2.17 bits per heavy atom. The Hall–Kier alpha value is -2.47. The topological polar surface area (TPSA) is 54.5 Å². The van der Waals surface area contributed by atoms with Crippen molar-refractivity contribution in [2.45, 2.75) is 19.4 Å². The minimum atomic E-state index is -0.341. The predicted molar refractivity (Wildman–Crippen MR) is 87.4 cm³/mol. The molecule has 1 atom stereocenters. The van der Waals surface area contributed by atoms with Crippen LogP contribution in [0.2, 0.25) is 0 Å². The molecule has 3 rings (SSSR count). The highest BCUT2D eigenvalue weighted by atomic mass is 19.1. The summed E-state index contributed by atoms with van der Waals surface area (Å²) in [4.78, 5) is 23.9. The van der Waals surface area contributed by atoms with Gasteiger partial charge in [0, 0.05) is 25.5 Å². The molecule has 126 valence electrons. The van der Waals surface area contributed by atoms with Crippen LogP contribution in [0.25, 0.3) is 0 Å². The van der Waals surface area contributed by atoms with Gasteiger partial charge in [0.1, 0.15) is 5.82 Å². The Bertz CT molecular complexity index is 664. The minimum absolute atomic E-state index is 0.115. The molecular weight excluding hydrogens is 309 g/mol. The fraction of sp³-hybridized carbons (Fsp3) is 0.333. The third kappa shape index (κ3) is 4.52. The molecule has 1 aliphatic heterocycles. The molecule has 1 fully saturated rings. The van der Waals surface area contributed by atoms with Gasteiger partial charge in [-0.25, -0.2) is 4.39 Å². The number of nitrogens with zero attached hydrogens (tertiary/aromatic N) is 2. The van der Waals surface area contributed by atoms with Crippen LogP contribution in [0.15, 0.2) is 48.8 Å². The molecule has 1 aromatic carbocycles. The molecule has 0 radical (unpaired) electrons. The van der Waals surface area contributed by atoms with Crippen LogP contribution in [0.3, 0.4) is 0 Å². The molecular formula is C18H20FN3O2. The first-order valence-corrected chi connectivity index (χ1v) is 8.04. The lowest BCUT2D eigenvalue weighted by Gasteiger charge is -2.31. The lowest BCUT2D eigenvalue weighted by Crippen LogP contribution is -2.43. The van der Waals surface area contributed by atoms with Crippen molar-refractivity contribution >= 4 is 5.91 Å². The van der Waals surface area contributed by atoms with Gasteiger partial charge in [0.2, 0.25) is 0 Å². The first-order valence-electron chi connectivity index (χ1n) is 8.04. The number of carbonyl (C=O) groups is 1. The van der Waals surface area contributed by atoms with E-state index in [1.807, 2.05) is 18.3 Å². The quantitative estimate of drug-likeness (QED) is 0.857. The van der Waals surface area contributed by atoms with E-state index in [9.17, 15) is 9.18 Å². The number of halogens is 1. The molecule has 1 aromatic heterocycles. The van der Waals surface area contributed by atoms with Gasteiger partial charge in [-0.1, -0.05) is 6.07 Å². The first kappa shape index (κ1) is 16.4. The summed E-state index contributed by atoms with van der Waals surface area (Å²) in [7, 11) is 0. The van der Waals surface area contributed by atoms with Crippen LogP contribution >= 0.6 is 0 Å². The second-order valence-corrected chi connectivity index (χ2v) is 5.96. The molecule has 0 aliphatic carbocycles. The molecule has 0 bridgehead atoms. The number of hydroxylamine groups is 1. The highest BCUT2D eigenvalue weighted by Gasteiger charge is 2.26. The highest BCUT2D eigenvalue weighted by Crippen LogP contribution is 2.19. The normalized spacial score (nSPS) is 18.1. The van der Waals surface area contributed by atoms with E-state index in [0.29, 0.717) is 12.3 Å². The zero-order valence-electron chi connectivity index (χ0n) is 13.3. The van der Waals surface area contributed by atoms with Crippen LogP contribution < -0.4 is 10.3 Å². The van der Waals surface area contributed by atoms with E-state index in [1.165, 1.54) is 24.3 Å². The summed E-state index contributed by atoms with van der Waals surface area (Å²) in [6.07, 6.45) is 5.40. The number of piperidine rings is 1. The molecule has 1 aliphatic rings. The number of hydrogen-bond acceptors (Lipinski definition) is 4. The number of hydrogen-bond donors (Lipinski definition) is 1. The number of rotatable bonds is 5. The fourth-order valence-corrected chi connectivity index (χ4v) is 2.86. The van der Waals surface area contributed by atoms with Crippen molar-refractivity contribution in [2.75, 3.05) is 13.1 Å². The zero-order chi connectivity index (χ0) is 16.8. The lowest BCUT2D eigenvalue weighted by atomic mass is 9.97. The van der Waals surface area contributed by atoms with Crippen LogP contribution in [0.1, 0.15) is 18.4 Å². The van der Waals surface area contributed by atoms with Gasteiger partial charge in [-0.3, -0.25) is 14.7 Å². The largest absolute Gasteiger partial charge is 0.380 e. The van der Waals surface area contributed by atoms with Gasteiger partial charge in [0.05, 0.1) is 5.92 Å². The third-order valence-electron chi connectivity index (χ3n) is 4.09. The van der Waals surface area contributed by atoms with Gasteiger partial charge in [-0.15, -0.1) is 0 Å². The van der Waals surface area contributed by atoms with E-state index in [4.69, 9.17) is 4.84 Å². The first-order chi connectivity index (χ1) is 11.7. The molecule has 1 N–H and O–H groups in total. The molecule has 6 heteroatoms. The van der Waals surface area contributed by atoms with Gasteiger partial charge < -0.3 is 4.84 Å². The minimum Gasteiger partial charge on any atom is -0.380 e. The molecule has 2 aromatic rings. The summed E-state index contributed by atoms with van der Waals surface area (Å²) in [5.41, 5.74) is 3.61. The number of aromatic nitrogens is 1. The summed E-state index contributed by atoms with van der Waals surface area (Å²) >= 11 is 0. The van der Waals surface area contributed by atoms with Gasteiger partial charge >= 0.3 is 0 Å². The van der Waals surface area contributed by atoms with Crippen LogP contribution in [0.5, 0.6) is 5.75 Å². The zero-order valence-corrected chi connectivity index (χ0v) is 13.3. The van der Waals surface area contributed by atoms with E-state index < -0.39 is 0 Å². The second kappa shape index (κ2) is 7.88. The predicted octanol–water partition coefficient (Wildman–Crippen LogP) is 2.54. The number of amides is 1. The summed E-state index contributed by atoms with van der Waals surface area (Å²) in [5.74, 6) is -0.189. The molecule has 1 saturated heterocycles. The molecule has 2 heterocycles.